The smallest absolute Gasteiger partial charge is 0.125 e. The van der Waals surface area contributed by atoms with Gasteiger partial charge >= 0.3 is 0 Å². The van der Waals surface area contributed by atoms with E-state index in [1.165, 1.54) is 16.7 Å². The third kappa shape index (κ3) is 3.29. The van der Waals surface area contributed by atoms with E-state index >= 15 is 0 Å². The number of methoxy groups -OCH3 is 1. The molecule has 0 aliphatic carbocycles. The van der Waals surface area contributed by atoms with Crippen molar-refractivity contribution in [2.24, 2.45) is 5.92 Å². The molecular formula is C17H24O. The molecule has 0 aromatic heterocycles. The van der Waals surface area contributed by atoms with Crippen molar-refractivity contribution in [3.8, 4) is 17.6 Å². The SMILES string of the molecule is CCC#CC(C)C(C)c1cc(C)cc(C)c1OC. The molecule has 0 radical (unpaired) electrons. The van der Waals surface area contributed by atoms with Gasteiger partial charge in [0.25, 0.3) is 0 Å². The maximum absolute atomic E-state index is 5.56. The quantitative estimate of drug-likeness (QED) is 0.713. The summed E-state index contributed by atoms with van der Waals surface area (Å²) >= 11 is 0. The van der Waals surface area contributed by atoms with Crippen molar-refractivity contribution in [3.63, 3.8) is 0 Å². The molecule has 0 aliphatic heterocycles. The van der Waals surface area contributed by atoms with Crippen LogP contribution in [0.3, 0.4) is 0 Å². The maximum atomic E-state index is 5.56. The van der Waals surface area contributed by atoms with Crippen LogP contribution >= 0.6 is 0 Å². The van der Waals surface area contributed by atoms with Gasteiger partial charge in [0.2, 0.25) is 0 Å². The lowest BCUT2D eigenvalue weighted by Gasteiger charge is -2.20. The zero-order valence-electron chi connectivity index (χ0n) is 12.4. The van der Waals surface area contributed by atoms with Crippen molar-refractivity contribution >= 4 is 0 Å². The topological polar surface area (TPSA) is 9.23 Å². The highest BCUT2D eigenvalue weighted by atomic mass is 16.5. The van der Waals surface area contributed by atoms with Crippen LogP contribution < -0.4 is 4.74 Å². The predicted molar refractivity (Wildman–Crippen MR) is 78.1 cm³/mol. The molecule has 1 aromatic rings. The van der Waals surface area contributed by atoms with E-state index in [1.807, 2.05) is 0 Å². The Bertz CT molecular complexity index is 462. The number of hydrogen-bond acceptors (Lipinski definition) is 1. The van der Waals surface area contributed by atoms with Crippen molar-refractivity contribution in [1.82, 2.24) is 0 Å². The van der Waals surface area contributed by atoms with Gasteiger partial charge in [0.1, 0.15) is 5.75 Å². The Morgan fingerprint density at radius 1 is 1.22 bits per heavy atom. The van der Waals surface area contributed by atoms with Gasteiger partial charge in [-0.25, -0.2) is 0 Å². The highest BCUT2D eigenvalue weighted by Gasteiger charge is 2.18. The van der Waals surface area contributed by atoms with Crippen molar-refractivity contribution in [2.75, 3.05) is 7.11 Å². The second-order valence-electron chi connectivity index (χ2n) is 4.96. The number of rotatable bonds is 3. The molecule has 0 aliphatic rings. The van der Waals surface area contributed by atoms with Crippen LogP contribution in [0.5, 0.6) is 5.75 Å². The fourth-order valence-electron chi connectivity index (χ4n) is 2.26. The summed E-state index contributed by atoms with van der Waals surface area (Å²) in [5.41, 5.74) is 3.76. The third-order valence-corrected chi connectivity index (χ3v) is 3.40. The van der Waals surface area contributed by atoms with Crippen LogP contribution in [0, 0.1) is 31.6 Å². The van der Waals surface area contributed by atoms with Gasteiger partial charge in [-0.05, 0) is 30.9 Å². The monoisotopic (exact) mass is 244 g/mol. The molecule has 0 fully saturated rings. The molecule has 0 amide bonds. The minimum Gasteiger partial charge on any atom is -0.496 e. The molecule has 2 unspecified atom stereocenters. The van der Waals surface area contributed by atoms with Crippen LogP contribution in [-0.2, 0) is 0 Å². The summed E-state index contributed by atoms with van der Waals surface area (Å²) in [6, 6.07) is 4.39. The lowest BCUT2D eigenvalue weighted by Crippen LogP contribution is -2.07. The van der Waals surface area contributed by atoms with Gasteiger partial charge in [-0.15, -0.1) is 5.92 Å². The summed E-state index contributed by atoms with van der Waals surface area (Å²) in [6.07, 6.45) is 0.918. The fourth-order valence-corrected chi connectivity index (χ4v) is 2.26. The summed E-state index contributed by atoms with van der Waals surface area (Å²) < 4.78 is 5.56. The number of ether oxygens (including phenoxy) is 1. The van der Waals surface area contributed by atoms with E-state index < -0.39 is 0 Å². The summed E-state index contributed by atoms with van der Waals surface area (Å²) in [4.78, 5) is 0. The van der Waals surface area contributed by atoms with Gasteiger partial charge in [-0.2, -0.15) is 0 Å². The summed E-state index contributed by atoms with van der Waals surface area (Å²) in [6.45, 7) is 10.7. The minimum atomic E-state index is 0.347. The molecule has 18 heavy (non-hydrogen) atoms. The molecule has 0 bridgehead atoms. The maximum Gasteiger partial charge on any atom is 0.125 e. The summed E-state index contributed by atoms with van der Waals surface area (Å²) in [5, 5.41) is 0. The molecule has 1 nitrogen and oxygen atoms in total. The molecule has 0 heterocycles. The van der Waals surface area contributed by atoms with E-state index in [2.05, 4.69) is 58.6 Å². The van der Waals surface area contributed by atoms with Crippen molar-refractivity contribution in [1.29, 1.82) is 0 Å². The number of aryl methyl sites for hydroxylation is 2. The van der Waals surface area contributed by atoms with Crippen LogP contribution in [0.4, 0.5) is 0 Å². The zero-order valence-corrected chi connectivity index (χ0v) is 12.4. The largest absolute Gasteiger partial charge is 0.496 e. The first-order valence-electron chi connectivity index (χ1n) is 6.64. The van der Waals surface area contributed by atoms with Crippen LogP contribution in [0.2, 0.25) is 0 Å². The molecule has 0 N–H and O–H groups in total. The average molecular weight is 244 g/mol. The molecule has 2 atom stereocenters. The highest BCUT2D eigenvalue weighted by Crippen LogP contribution is 2.34. The Labute approximate surface area is 112 Å². The van der Waals surface area contributed by atoms with Gasteiger partial charge < -0.3 is 4.74 Å². The Hall–Kier alpha value is -1.42. The zero-order chi connectivity index (χ0) is 13.7. The van der Waals surface area contributed by atoms with Crippen molar-refractivity contribution < 1.29 is 4.74 Å². The molecule has 0 spiro atoms. The Kier molecular flexibility index (Phi) is 5.28. The standard InChI is InChI=1S/C17H24O/c1-7-8-9-13(3)15(5)16-11-12(2)10-14(4)17(16)18-6/h10-11,13,15H,7H2,1-6H3. The lowest BCUT2D eigenvalue weighted by molar-refractivity contribution is 0.399. The van der Waals surface area contributed by atoms with Gasteiger partial charge in [-0.1, -0.05) is 44.4 Å². The van der Waals surface area contributed by atoms with Crippen LogP contribution in [0.1, 0.15) is 49.8 Å². The average Bonchev–Trinajstić information content (AvgIpc) is 2.34. The van der Waals surface area contributed by atoms with E-state index in [-0.39, 0.29) is 0 Å². The first kappa shape index (κ1) is 14.6. The summed E-state index contributed by atoms with van der Waals surface area (Å²) in [5.74, 6) is 8.24. The van der Waals surface area contributed by atoms with Gasteiger partial charge in [0, 0.05) is 12.3 Å². The first-order chi connectivity index (χ1) is 8.51. The van der Waals surface area contributed by atoms with E-state index in [0.29, 0.717) is 11.8 Å². The predicted octanol–water partition coefficient (Wildman–Crippen LogP) is 4.47. The van der Waals surface area contributed by atoms with Gasteiger partial charge in [0.05, 0.1) is 7.11 Å². The molecule has 0 saturated heterocycles. The molecule has 98 valence electrons. The lowest BCUT2D eigenvalue weighted by atomic mass is 9.86. The molecule has 1 rings (SSSR count). The number of hydrogen-bond donors (Lipinski definition) is 0. The van der Waals surface area contributed by atoms with Gasteiger partial charge in [0.15, 0.2) is 0 Å². The molecule has 1 aromatic carbocycles. The van der Waals surface area contributed by atoms with Gasteiger partial charge in [-0.3, -0.25) is 0 Å². The highest BCUT2D eigenvalue weighted by molar-refractivity contribution is 5.46. The second kappa shape index (κ2) is 6.50. The van der Waals surface area contributed by atoms with E-state index in [4.69, 9.17) is 4.74 Å². The van der Waals surface area contributed by atoms with E-state index in [0.717, 1.165) is 12.2 Å². The Morgan fingerprint density at radius 2 is 1.89 bits per heavy atom. The van der Waals surface area contributed by atoms with Crippen LogP contribution in [0.25, 0.3) is 0 Å². The number of benzene rings is 1. The second-order valence-corrected chi connectivity index (χ2v) is 4.96. The minimum absolute atomic E-state index is 0.347. The Morgan fingerprint density at radius 3 is 2.44 bits per heavy atom. The van der Waals surface area contributed by atoms with Crippen LogP contribution in [-0.4, -0.2) is 7.11 Å². The first-order valence-corrected chi connectivity index (χ1v) is 6.64. The molecule has 1 heteroatoms. The van der Waals surface area contributed by atoms with Crippen molar-refractivity contribution in [2.45, 2.75) is 47.0 Å². The fraction of sp³-hybridized carbons (Fsp3) is 0.529. The van der Waals surface area contributed by atoms with Crippen molar-refractivity contribution in [3.05, 3.63) is 28.8 Å². The Balaban J connectivity index is 3.15. The summed E-state index contributed by atoms with van der Waals surface area (Å²) in [7, 11) is 1.75. The normalized spacial score (nSPS) is 13.4. The molecular weight excluding hydrogens is 220 g/mol. The van der Waals surface area contributed by atoms with E-state index in [1.54, 1.807) is 7.11 Å². The molecule has 0 saturated carbocycles. The third-order valence-electron chi connectivity index (χ3n) is 3.40. The van der Waals surface area contributed by atoms with E-state index in [9.17, 15) is 0 Å². The van der Waals surface area contributed by atoms with Crippen LogP contribution in [0.15, 0.2) is 12.1 Å².